The van der Waals surface area contributed by atoms with Gasteiger partial charge < -0.3 is 0 Å². The Balaban J connectivity index is 2.34. The summed E-state index contributed by atoms with van der Waals surface area (Å²) in [6.07, 6.45) is -4.48. The lowest BCUT2D eigenvalue weighted by atomic mass is 9.97. The Morgan fingerprint density at radius 1 is 0.682 bits per heavy atom. The fourth-order valence-electron chi connectivity index (χ4n) is 2.94. The predicted octanol–water partition coefficient (Wildman–Crippen LogP) is 5.56. The smallest absolute Gasteiger partial charge is 0.243 e. The number of nitrogens with zero attached hydrogens (tertiary/aromatic N) is 1. The van der Waals surface area contributed by atoms with Crippen LogP contribution in [0.1, 0.15) is 5.69 Å². The first kappa shape index (κ1) is 13.1. The molecule has 0 saturated carbocycles. The average Bonchev–Trinajstić information content (AvgIpc) is 2.52. The summed E-state index contributed by atoms with van der Waals surface area (Å²) in [5.74, 6) is 0. The summed E-state index contributed by atoms with van der Waals surface area (Å²) in [6, 6.07) is 17.6. The van der Waals surface area contributed by atoms with Crippen LogP contribution < -0.4 is 0 Å². The minimum Gasteiger partial charge on any atom is -0.243 e. The van der Waals surface area contributed by atoms with Gasteiger partial charge in [0.2, 0.25) is 0 Å². The van der Waals surface area contributed by atoms with E-state index >= 15 is 0 Å². The van der Waals surface area contributed by atoms with E-state index in [-0.39, 0.29) is 5.39 Å². The first-order valence-electron chi connectivity index (χ1n) is 6.83. The Morgan fingerprint density at radius 3 is 2.14 bits per heavy atom. The van der Waals surface area contributed by atoms with E-state index in [1.54, 1.807) is 18.2 Å². The number of pyridine rings is 1. The van der Waals surface area contributed by atoms with Gasteiger partial charge in [-0.15, -0.1) is 0 Å². The summed E-state index contributed by atoms with van der Waals surface area (Å²) in [7, 11) is 0. The highest BCUT2D eigenvalue weighted by molar-refractivity contribution is 6.19. The van der Waals surface area contributed by atoms with Gasteiger partial charge in [0, 0.05) is 16.2 Å². The number of alkyl halides is 3. The first-order chi connectivity index (χ1) is 10.6. The SMILES string of the molecule is FC(F)(F)c1nc2ccccc2c2c1ccc1ccccc12. The predicted molar refractivity (Wildman–Crippen MR) is 81.8 cm³/mol. The highest BCUT2D eigenvalue weighted by Gasteiger charge is 2.35. The molecule has 4 heteroatoms. The number of rotatable bonds is 0. The summed E-state index contributed by atoms with van der Waals surface area (Å²) in [5, 5.41) is 3.21. The van der Waals surface area contributed by atoms with Crippen LogP contribution in [0.15, 0.2) is 60.7 Å². The summed E-state index contributed by atoms with van der Waals surface area (Å²) in [6.45, 7) is 0. The molecule has 0 fully saturated rings. The van der Waals surface area contributed by atoms with Gasteiger partial charge in [-0.1, -0.05) is 54.6 Å². The van der Waals surface area contributed by atoms with E-state index in [1.165, 1.54) is 6.07 Å². The molecular formula is C18H10F3N. The van der Waals surface area contributed by atoms with Gasteiger partial charge >= 0.3 is 6.18 Å². The summed E-state index contributed by atoms with van der Waals surface area (Å²) in [5.41, 5.74) is -0.467. The molecule has 0 aliphatic heterocycles. The number of para-hydroxylation sites is 1. The lowest BCUT2D eigenvalue weighted by Crippen LogP contribution is -2.09. The summed E-state index contributed by atoms with van der Waals surface area (Å²) < 4.78 is 40.1. The van der Waals surface area contributed by atoms with Crippen LogP contribution in [0, 0.1) is 0 Å². The van der Waals surface area contributed by atoms with Crippen molar-refractivity contribution in [3.63, 3.8) is 0 Å². The molecule has 4 rings (SSSR count). The van der Waals surface area contributed by atoms with Crippen LogP contribution in [-0.2, 0) is 6.18 Å². The normalized spacial score (nSPS) is 12.3. The molecule has 0 unspecified atom stereocenters. The maximum atomic E-state index is 13.4. The third kappa shape index (κ3) is 1.84. The van der Waals surface area contributed by atoms with E-state index < -0.39 is 11.9 Å². The summed E-state index contributed by atoms with van der Waals surface area (Å²) in [4.78, 5) is 3.86. The highest BCUT2D eigenvalue weighted by Crippen LogP contribution is 2.39. The monoisotopic (exact) mass is 297 g/mol. The molecule has 0 bridgehead atoms. The third-order valence-electron chi connectivity index (χ3n) is 3.86. The Bertz CT molecular complexity index is 1000. The molecule has 0 saturated heterocycles. The molecule has 1 nitrogen and oxygen atoms in total. The molecule has 1 aromatic heterocycles. The van der Waals surface area contributed by atoms with Gasteiger partial charge in [0.05, 0.1) is 5.52 Å². The molecule has 0 amide bonds. The van der Waals surface area contributed by atoms with E-state index in [4.69, 9.17) is 0 Å². The second-order valence-electron chi connectivity index (χ2n) is 5.18. The van der Waals surface area contributed by atoms with Crippen LogP contribution in [0.4, 0.5) is 13.2 Å². The van der Waals surface area contributed by atoms with Crippen LogP contribution in [0.3, 0.4) is 0 Å². The van der Waals surface area contributed by atoms with Crippen molar-refractivity contribution in [3.8, 4) is 0 Å². The van der Waals surface area contributed by atoms with E-state index in [0.29, 0.717) is 10.9 Å². The Hall–Kier alpha value is -2.62. The molecule has 22 heavy (non-hydrogen) atoms. The molecule has 0 N–H and O–H groups in total. The van der Waals surface area contributed by atoms with Crippen LogP contribution in [0.2, 0.25) is 0 Å². The van der Waals surface area contributed by atoms with Crippen molar-refractivity contribution < 1.29 is 13.2 Å². The Kier molecular flexibility index (Phi) is 2.64. The average molecular weight is 297 g/mol. The molecule has 0 aliphatic carbocycles. The van der Waals surface area contributed by atoms with Gasteiger partial charge in [-0.25, -0.2) is 4.98 Å². The van der Waals surface area contributed by atoms with Crippen molar-refractivity contribution in [2.75, 3.05) is 0 Å². The van der Waals surface area contributed by atoms with Gasteiger partial charge in [-0.05, 0) is 16.8 Å². The Morgan fingerprint density at radius 2 is 1.36 bits per heavy atom. The molecule has 0 atom stereocenters. The molecule has 1 heterocycles. The quantitative estimate of drug-likeness (QED) is 0.387. The molecular weight excluding hydrogens is 287 g/mol. The van der Waals surface area contributed by atoms with Gasteiger partial charge in [0.15, 0.2) is 5.69 Å². The minimum atomic E-state index is -4.48. The maximum absolute atomic E-state index is 13.4. The van der Waals surface area contributed by atoms with Crippen LogP contribution in [0.5, 0.6) is 0 Å². The Labute approximate surface area is 124 Å². The number of benzene rings is 3. The zero-order valence-corrected chi connectivity index (χ0v) is 11.4. The zero-order chi connectivity index (χ0) is 15.3. The number of hydrogen-bond donors (Lipinski definition) is 0. The molecule has 3 aromatic carbocycles. The summed E-state index contributed by atoms with van der Waals surface area (Å²) >= 11 is 0. The molecule has 0 radical (unpaired) electrons. The zero-order valence-electron chi connectivity index (χ0n) is 11.4. The van der Waals surface area contributed by atoms with E-state index in [2.05, 4.69) is 4.98 Å². The molecule has 4 aromatic rings. The fourth-order valence-corrected chi connectivity index (χ4v) is 2.94. The third-order valence-corrected chi connectivity index (χ3v) is 3.86. The van der Waals surface area contributed by atoms with E-state index in [9.17, 15) is 13.2 Å². The van der Waals surface area contributed by atoms with Gasteiger partial charge in [-0.2, -0.15) is 13.2 Å². The number of fused-ring (bicyclic) bond motifs is 5. The standard InChI is InChI=1S/C18H10F3N/c19-18(20,21)17-14-10-9-11-5-1-2-6-12(11)16(14)13-7-3-4-8-15(13)22-17/h1-10H. The maximum Gasteiger partial charge on any atom is 0.433 e. The van der Waals surface area contributed by atoms with Gasteiger partial charge in [0.1, 0.15) is 0 Å². The largest absolute Gasteiger partial charge is 0.433 e. The second kappa shape index (κ2) is 4.44. The van der Waals surface area contributed by atoms with Crippen molar-refractivity contribution in [1.29, 1.82) is 0 Å². The number of aromatic nitrogens is 1. The number of halogens is 3. The lowest BCUT2D eigenvalue weighted by molar-refractivity contribution is -0.139. The van der Waals surface area contributed by atoms with Crippen molar-refractivity contribution in [1.82, 2.24) is 4.98 Å². The topological polar surface area (TPSA) is 12.9 Å². The fraction of sp³-hybridized carbons (Fsp3) is 0.0556. The van der Waals surface area contributed by atoms with Crippen molar-refractivity contribution in [2.24, 2.45) is 0 Å². The van der Waals surface area contributed by atoms with E-state index in [1.807, 2.05) is 36.4 Å². The highest BCUT2D eigenvalue weighted by atomic mass is 19.4. The molecule has 0 aliphatic rings. The van der Waals surface area contributed by atoms with Crippen LogP contribution in [0.25, 0.3) is 32.4 Å². The molecule has 0 spiro atoms. The molecule has 108 valence electrons. The van der Waals surface area contributed by atoms with Crippen molar-refractivity contribution in [2.45, 2.75) is 6.18 Å². The first-order valence-corrected chi connectivity index (χ1v) is 6.83. The minimum absolute atomic E-state index is 0.143. The van der Waals surface area contributed by atoms with Crippen molar-refractivity contribution in [3.05, 3.63) is 66.4 Å². The second-order valence-corrected chi connectivity index (χ2v) is 5.18. The van der Waals surface area contributed by atoms with Gasteiger partial charge in [0.25, 0.3) is 0 Å². The lowest BCUT2D eigenvalue weighted by Gasteiger charge is -2.14. The van der Waals surface area contributed by atoms with E-state index in [0.717, 1.165) is 16.2 Å². The number of hydrogen-bond acceptors (Lipinski definition) is 1. The van der Waals surface area contributed by atoms with Gasteiger partial charge in [-0.3, -0.25) is 0 Å². The van der Waals surface area contributed by atoms with Crippen molar-refractivity contribution >= 4 is 32.4 Å². The van der Waals surface area contributed by atoms with Crippen LogP contribution in [-0.4, -0.2) is 4.98 Å². The van der Waals surface area contributed by atoms with Crippen LogP contribution >= 0.6 is 0 Å².